The number of nitrogen functional groups attached to an aromatic ring is 1. The van der Waals surface area contributed by atoms with E-state index in [1.165, 1.54) is 0 Å². The molecule has 2 rings (SSSR count). The monoisotopic (exact) mass is 247 g/mol. The molecule has 1 fully saturated rings. The third-order valence-electron chi connectivity index (χ3n) is 4.16. The minimum Gasteiger partial charge on any atom is -0.399 e. The highest BCUT2D eigenvalue weighted by Gasteiger charge is 2.52. The summed E-state index contributed by atoms with van der Waals surface area (Å²) in [5.41, 5.74) is 9.35. The lowest BCUT2D eigenvalue weighted by molar-refractivity contribution is 0.00578. The van der Waals surface area contributed by atoms with Gasteiger partial charge < -0.3 is 15.0 Å². The summed E-state index contributed by atoms with van der Waals surface area (Å²) in [4.78, 5) is 0. The van der Waals surface area contributed by atoms with Crippen molar-refractivity contribution in [1.29, 1.82) is 0 Å². The van der Waals surface area contributed by atoms with Crippen molar-refractivity contribution in [3.8, 4) is 0 Å². The molecule has 98 valence electrons. The van der Waals surface area contributed by atoms with Gasteiger partial charge in [0.25, 0.3) is 0 Å². The van der Waals surface area contributed by atoms with Crippen molar-refractivity contribution in [3.05, 3.63) is 23.3 Å². The molecule has 0 bridgehead atoms. The van der Waals surface area contributed by atoms with E-state index in [1.807, 2.05) is 19.9 Å². The first-order valence-corrected chi connectivity index (χ1v) is 6.36. The van der Waals surface area contributed by atoms with Gasteiger partial charge in [-0.2, -0.15) is 0 Å². The van der Waals surface area contributed by atoms with Gasteiger partial charge in [0.15, 0.2) is 0 Å². The van der Waals surface area contributed by atoms with Crippen LogP contribution in [0.25, 0.3) is 0 Å². The van der Waals surface area contributed by atoms with E-state index in [-0.39, 0.29) is 18.3 Å². The quantitative estimate of drug-likeness (QED) is 0.611. The van der Waals surface area contributed by atoms with Crippen LogP contribution in [0.5, 0.6) is 0 Å². The SMILES string of the molecule is Cc1cc(B2OC(C)(C)C(C)(C)O2)c(C)cc1N. The van der Waals surface area contributed by atoms with Crippen molar-refractivity contribution in [2.75, 3.05) is 5.73 Å². The molecule has 2 N–H and O–H groups in total. The maximum absolute atomic E-state index is 6.06. The molecule has 1 aromatic rings. The first-order valence-electron chi connectivity index (χ1n) is 6.36. The van der Waals surface area contributed by atoms with Gasteiger partial charge in [0, 0.05) is 5.69 Å². The van der Waals surface area contributed by atoms with Gasteiger partial charge in [-0.3, -0.25) is 0 Å². The topological polar surface area (TPSA) is 44.5 Å². The second-order valence-corrected chi connectivity index (χ2v) is 6.15. The van der Waals surface area contributed by atoms with Gasteiger partial charge in [-0.15, -0.1) is 0 Å². The summed E-state index contributed by atoms with van der Waals surface area (Å²) >= 11 is 0. The van der Waals surface area contributed by atoms with Crippen LogP contribution in [-0.4, -0.2) is 18.3 Å². The molecule has 0 aliphatic carbocycles. The normalized spacial score (nSPS) is 21.3. The molecular weight excluding hydrogens is 225 g/mol. The Morgan fingerprint density at radius 3 is 1.94 bits per heavy atom. The molecule has 1 aromatic carbocycles. The lowest BCUT2D eigenvalue weighted by Gasteiger charge is -2.32. The maximum atomic E-state index is 6.06. The van der Waals surface area contributed by atoms with Crippen LogP contribution in [0.2, 0.25) is 0 Å². The standard InChI is InChI=1S/C14H22BNO2/c1-9-8-12(16)10(2)7-11(9)15-17-13(3,4)14(5,6)18-15/h7-8H,16H2,1-6H3. The van der Waals surface area contributed by atoms with Crippen molar-refractivity contribution in [1.82, 2.24) is 0 Å². The Morgan fingerprint density at radius 2 is 1.44 bits per heavy atom. The largest absolute Gasteiger partial charge is 0.495 e. The number of benzene rings is 1. The van der Waals surface area contributed by atoms with Crippen LogP contribution >= 0.6 is 0 Å². The van der Waals surface area contributed by atoms with Crippen LogP contribution in [0.3, 0.4) is 0 Å². The zero-order valence-corrected chi connectivity index (χ0v) is 12.1. The number of anilines is 1. The molecule has 4 heteroatoms. The third-order valence-corrected chi connectivity index (χ3v) is 4.16. The van der Waals surface area contributed by atoms with Crippen molar-refractivity contribution >= 4 is 18.3 Å². The number of hydrogen-bond acceptors (Lipinski definition) is 3. The summed E-state index contributed by atoms with van der Waals surface area (Å²) in [6.45, 7) is 12.3. The predicted octanol–water partition coefficient (Wildman–Crippen LogP) is 2.18. The lowest BCUT2D eigenvalue weighted by Crippen LogP contribution is -2.41. The first kappa shape index (κ1) is 13.4. The molecule has 0 aromatic heterocycles. The van der Waals surface area contributed by atoms with E-state index in [0.717, 1.165) is 22.3 Å². The Balaban J connectivity index is 2.38. The van der Waals surface area contributed by atoms with Crippen LogP contribution in [0, 0.1) is 13.8 Å². The fourth-order valence-electron chi connectivity index (χ4n) is 2.08. The molecule has 0 unspecified atom stereocenters. The summed E-state index contributed by atoms with van der Waals surface area (Å²) in [5.74, 6) is 0. The minimum atomic E-state index is -0.311. The second-order valence-electron chi connectivity index (χ2n) is 6.15. The van der Waals surface area contributed by atoms with Gasteiger partial charge in [-0.1, -0.05) is 6.07 Å². The Hall–Kier alpha value is -0.995. The molecule has 1 saturated heterocycles. The smallest absolute Gasteiger partial charge is 0.399 e. The molecule has 18 heavy (non-hydrogen) atoms. The van der Waals surface area contributed by atoms with Crippen LogP contribution < -0.4 is 11.2 Å². The summed E-state index contributed by atoms with van der Waals surface area (Å²) in [7, 11) is -0.311. The third kappa shape index (κ3) is 2.04. The van der Waals surface area contributed by atoms with Gasteiger partial charge in [0.05, 0.1) is 11.2 Å². The lowest BCUT2D eigenvalue weighted by atomic mass is 9.75. The molecule has 0 spiro atoms. The first-order chi connectivity index (χ1) is 8.14. The van der Waals surface area contributed by atoms with E-state index in [2.05, 4.69) is 33.8 Å². The second kappa shape index (κ2) is 4.00. The highest BCUT2D eigenvalue weighted by molar-refractivity contribution is 6.62. The maximum Gasteiger partial charge on any atom is 0.495 e. The fourth-order valence-corrected chi connectivity index (χ4v) is 2.08. The zero-order valence-electron chi connectivity index (χ0n) is 12.1. The van der Waals surface area contributed by atoms with E-state index in [1.54, 1.807) is 0 Å². The average Bonchev–Trinajstić information content (AvgIpc) is 2.42. The molecule has 0 saturated carbocycles. The van der Waals surface area contributed by atoms with Crippen molar-refractivity contribution < 1.29 is 9.31 Å². The zero-order chi connectivity index (χ0) is 13.7. The van der Waals surface area contributed by atoms with Gasteiger partial charge in [-0.05, 0) is 64.2 Å². The molecule has 0 atom stereocenters. The Kier molecular flexibility index (Phi) is 2.99. The summed E-state index contributed by atoms with van der Waals surface area (Å²) < 4.78 is 12.1. The number of hydrogen-bond donors (Lipinski definition) is 1. The molecule has 1 aliphatic rings. The number of rotatable bonds is 1. The van der Waals surface area contributed by atoms with Crippen molar-refractivity contribution in [2.45, 2.75) is 52.7 Å². The fraction of sp³-hybridized carbons (Fsp3) is 0.571. The van der Waals surface area contributed by atoms with Crippen LogP contribution in [0.15, 0.2) is 12.1 Å². The molecule has 1 aliphatic heterocycles. The molecule has 0 amide bonds. The predicted molar refractivity (Wildman–Crippen MR) is 76.0 cm³/mol. The van der Waals surface area contributed by atoms with Crippen LogP contribution in [0.1, 0.15) is 38.8 Å². The van der Waals surface area contributed by atoms with Crippen LogP contribution in [-0.2, 0) is 9.31 Å². The van der Waals surface area contributed by atoms with E-state index >= 15 is 0 Å². The summed E-state index contributed by atoms with van der Waals surface area (Å²) in [6.07, 6.45) is 0. The number of nitrogens with two attached hydrogens (primary N) is 1. The van der Waals surface area contributed by atoms with E-state index in [4.69, 9.17) is 15.0 Å². The Bertz CT molecular complexity index is 467. The van der Waals surface area contributed by atoms with Gasteiger partial charge in [-0.25, -0.2) is 0 Å². The molecule has 0 radical (unpaired) electrons. The van der Waals surface area contributed by atoms with Gasteiger partial charge >= 0.3 is 7.12 Å². The van der Waals surface area contributed by atoms with E-state index in [0.29, 0.717) is 0 Å². The Morgan fingerprint density at radius 1 is 0.944 bits per heavy atom. The molecule has 1 heterocycles. The Labute approximate surface area is 110 Å². The summed E-state index contributed by atoms with van der Waals surface area (Å²) in [6, 6.07) is 4.04. The highest BCUT2D eigenvalue weighted by atomic mass is 16.7. The van der Waals surface area contributed by atoms with Crippen molar-refractivity contribution in [3.63, 3.8) is 0 Å². The highest BCUT2D eigenvalue weighted by Crippen LogP contribution is 2.36. The van der Waals surface area contributed by atoms with E-state index < -0.39 is 0 Å². The summed E-state index contributed by atoms with van der Waals surface area (Å²) in [5, 5.41) is 0. The molecule has 3 nitrogen and oxygen atoms in total. The molecular formula is C14H22BNO2. The van der Waals surface area contributed by atoms with Gasteiger partial charge in [0.2, 0.25) is 0 Å². The number of aryl methyl sites for hydroxylation is 2. The van der Waals surface area contributed by atoms with E-state index in [9.17, 15) is 0 Å². The van der Waals surface area contributed by atoms with Crippen molar-refractivity contribution in [2.24, 2.45) is 0 Å². The minimum absolute atomic E-state index is 0.306. The van der Waals surface area contributed by atoms with Gasteiger partial charge in [0.1, 0.15) is 0 Å². The van der Waals surface area contributed by atoms with Crippen LogP contribution in [0.4, 0.5) is 5.69 Å². The average molecular weight is 247 g/mol.